The van der Waals surface area contributed by atoms with Gasteiger partial charge in [-0.15, -0.1) is 0 Å². The van der Waals surface area contributed by atoms with E-state index in [1.54, 1.807) is 19.1 Å². The van der Waals surface area contributed by atoms with E-state index in [-0.39, 0.29) is 6.42 Å². The molecule has 102 valence electrons. The van der Waals surface area contributed by atoms with Crippen LogP contribution in [-0.4, -0.2) is 39.1 Å². The lowest BCUT2D eigenvalue weighted by Crippen LogP contribution is -2.43. The lowest BCUT2D eigenvalue weighted by Gasteiger charge is -2.12. The summed E-state index contributed by atoms with van der Waals surface area (Å²) in [7, 11) is 0. The van der Waals surface area contributed by atoms with Crippen molar-refractivity contribution >= 4 is 17.8 Å². The third-order valence-corrected chi connectivity index (χ3v) is 2.46. The lowest BCUT2D eigenvalue weighted by molar-refractivity contribution is -0.147. The quantitative estimate of drug-likeness (QED) is 0.666. The Labute approximate surface area is 109 Å². The van der Waals surface area contributed by atoms with Gasteiger partial charge in [0.15, 0.2) is 0 Å². The number of pyridine rings is 1. The van der Waals surface area contributed by atoms with Crippen molar-refractivity contribution in [3.63, 3.8) is 0 Å². The summed E-state index contributed by atoms with van der Waals surface area (Å²) in [4.78, 5) is 36.9. The Morgan fingerprint density at radius 3 is 2.58 bits per heavy atom. The number of aliphatic carboxylic acids is 2. The Balaban J connectivity index is 2.65. The molecule has 1 rings (SSSR count). The molecule has 0 saturated heterocycles. The van der Waals surface area contributed by atoms with E-state index >= 15 is 0 Å². The van der Waals surface area contributed by atoms with Gasteiger partial charge in [-0.05, 0) is 18.6 Å². The second-order valence-electron chi connectivity index (χ2n) is 4.00. The standard InChI is InChI=1S/C12H14N2O5/c1-7-3-2-4-13-8(7)5-10(15)14-9(12(18)19)6-11(16)17/h2-4,9H,5-6H2,1H3,(H,14,15)(H,16,17)(H,18,19). The number of carbonyl (C=O) groups excluding carboxylic acids is 1. The third-order valence-electron chi connectivity index (χ3n) is 2.46. The van der Waals surface area contributed by atoms with Crippen molar-refractivity contribution in [2.24, 2.45) is 0 Å². The minimum Gasteiger partial charge on any atom is -0.481 e. The molecule has 0 spiro atoms. The average Bonchev–Trinajstić information content (AvgIpc) is 2.30. The number of carboxylic acids is 2. The fraction of sp³-hybridized carbons (Fsp3) is 0.333. The van der Waals surface area contributed by atoms with Gasteiger partial charge in [-0.2, -0.15) is 0 Å². The SMILES string of the molecule is Cc1cccnc1CC(=O)NC(CC(=O)O)C(=O)O. The van der Waals surface area contributed by atoms with Crippen molar-refractivity contribution in [3.05, 3.63) is 29.6 Å². The van der Waals surface area contributed by atoms with Crippen molar-refractivity contribution < 1.29 is 24.6 Å². The third kappa shape index (κ3) is 4.74. The van der Waals surface area contributed by atoms with Gasteiger partial charge in [-0.3, -0.25) is 14.6 Å². The number of nitrogens with one attached hydrogen (secondary N) is 1. The van der Waals surface area contributed by atoms with Gasteiger partial charge in [0.2, 0.25) is 5.91 Å². The number of aromatic nitrogens is 1. The molecule has 3 N–H and O–H groups in total. The fourth-order valence-corrected chi connectivity index (χ4v) is 1.48. The lowest BCUT2D eigenvalue weighted by atomic mass is 10.1. The van der Waals surface area contributed by atoms with E-state index in [0.29, 0.717) is 5.69 Å². The maximum Gasteiger partial charge on any atom is 0.326 e. The molecule has 7 nitrogen and oxygen atoms in total. The first-order chi connectivity index (χ1) is 8.90. The predicted octanol–water partition coefficient (Wildman–Crippen LogP) is -0.0234. The number of hydrogen-bond donors (Lipinski definition) is 3. The van der Waals surface area contributed by atoms with Crippen LogP contribution in [0.4, 0.5) is 0 Å². The van der Waals surface area contributed by atoms with Crippen LogP contribution in [0.15, 0.2) is 18.3 Å². The number of carboxylic acid groups (broad SMARTS) is 2. The summed E-state index contributed by atoms with van der Waals surface area (Å²) < 4.78 is 0. The zero-order chi connectivity index (χ0) is 14.4. The van der Waals surface area contributed by atoms with E-state index in [0.717, 1.165) is 5.56 Å². The zero-order valence-corrected chi connectivity index (χ0v) is 10.3. The fourth-order valence-electron chi connectivity index (χ4n) is 1.48. The van der Waals surface area contributed by atoms with Crippen molar-refractivity contribution in [1.82, 2.24) is 10.3 Å². The van der Waals surface area contributed by atoms with Gasteiger partial charge in [0.1, 0.15) is 6.04 Å². The molecule has 0 aliphatic carbocycles. The highest BCUT2D eigenvalue weighted by atomic mass is 16.4. The van der Waals surface area contributed by atoms with Crippen LogP contribution in [0.2, 0.25) is 0 Å². The maximum atomic E-state index is 11.7. The molecule has 0 aromatic carbocycles. The topological polar surface area (TPSA) is 117 Å². The average molecular weight is 266 g/mol. The van der Waals surface area contributed by atoms with Crippen LogP contribution in [0, 0.1) is 6.92 Å². The highest BCUT2D eigenvalue weighted by Gasteiger charge is 2.23. The molecule has 0 saturated carbocycles. The van der Waals surface area contributed by atoms with Crippen LogP contribution >= 0.6 is 0 Å². The molecule has 1 atom stereocenters. The van der Waals surface area contributed by atoms with Crippen molar-refractivity contribution in [3.8, 4) is 0 Å². The van der Waals surface area contributed by atoms with Crippen LogP contribution < -0.4 is 5.32 Å². The molecular formula is C12H14N2O5. The Hall–Kier alpha value is -2.44. The van der Waals surface area contributed by atoms with E-state index in [2.05, 4.69) is 10.3 Å². The summed E-state index contributed by atoms with van der Waals surface area (Å²) in [6, 6.07) is 2.07. The van der Waals surface area contributed by atoms with Crippen LogP contribution in [0.25, 0.3) is 0 Å². The molecule has 1 amide bonds. The smallest absolute Gasteiger partial charge is 0.326 e. The van der Waals surface area contributed by atoms with E-state index in [4.69, 9.17) is 10.2 Å². The number of carbonyl (C=O) groups is 3. The number of amides is 1. The highest BCUT2D eigenvalue weighted by Crippen LogP contribution is 2.04. The normalized spacial score (nSPS) is 11.6. The van der Waals surface area contributed by atoms with Gasteiger partial charge < -0.3 is 15.5 Å². The Kier molecular flexibility index (Phi) is 4.99. The van der Waals surface area contributed by atoms with E-state index in [1.165, 1.54) is 6.20 Å². The van der Waals surface area contributed by atoms with Crippen molar-refractivity contribution in [1.29, 1.82) is 0 Å². The van der Waals surface area contributed by atoms with Gasteiger partial charge in [0.05, 0.1) is 18.5 Å². The van der Waals surface area contributed by atoms with Crippen LogP contribution in [-0.2, 0) is 20.8 Å². The number of rotatable bonds is 6. The summed E-state index contributed by atoms with van der Waals surface area (Å²) in [5.41, 5.74) is 1.34. The van der Waals surface area contributed by atoms with E-state index in [9.17, 15) is 14.4 Å². The first-order valence-corrected chi connectivity index (χ1v) is 5.54. The van der Waals surface area contributed by atoms with E-state index < -0.39 is 30.3 Å². The minimum absolute atomic E-state index is 0.0872. The van der Waals surface area contributed by atoms with Gasteiger partial charge in [0.25, 0.3) is 0 Å². The monoisotopic (exact) mass is 266 g/mol. The van der Waals surface area contributed by atoms with Crippen LogP contribution in [0.1, 0.15) is 17.7 Å². The molecule has 1 aromatic rings. The molecule has 1 aromatic heterocycles. The number of aryl methyl sites for hydroxylation is 1. The summed E-state index contributed by atoms with van der Waals surface area (Å²) in [6.07, 6.45) is 0.778. The molecule has 19 heavy (non-hydrogen) atoms. The number of hydrogen-bond acceptors (Lipinski definition) is 4. The summed E-state index contributed by atoms with van der Waals surface area (Å²) in [5, 5.41) is 19.5. The Morgan fingerprint density at radius 1 is 1.37 bits per heavy atom. The second-order valence-corrected chi connectivity index (χ2v) is 4.00. The highest BCUT2D eigenvalue weighted by molar-refractivity contribution is 5.87. The summed E-state index contributed by atoms with van der Waals surface area (Å²) in [6.45, 7) is 1.78. The number of nitrogens with zero attached hydrogens (tertiary/aromatic N) is 1. The van der Waals surface area contributed by atoms with Crippen LogP contribution in [0.3, 0.4) is 0 Å². The van der Waals surface area contributed by atoms with Gasteiger partial charge >= 0.3 is 11.9 Å². The summed E-state index contributed by atoms with van der Waals surface area (Å²) in [5.74, 6) is -3.24. The molecule has 0 bridgehead atoms. The molecule has 0 aliphatic rings. The molecule has 1 unspecified atom stereocenters. The Morgan fingerprint density at radius 2 is 2.05 bits per heavy atom. The van der Waals surface area contributed by atoms with Gasteiger partial charge in [0, 0.05) is 6.20 Å². The minimum atomic E-state index is -1.44. The first-order valence-electron chi connectivity index (χ1n) is 5.54. The molecule has 7 heteroatoms. The first kappa shape index (κ1) is 14.6. The van der Waals surface area contributed by atoms with E-state index in [1.807, 2.05) is 0 Å². The van der Waals surface area contributed by atoms with Crippen molar-refractivity contribution in [2.45, 2.75) is 25.8 Å². The van der Waals surface area contributed by atoms with Gasteiger partial charge in [-0.1, -0.05) is 6.07 Å². The molecule has 1 heterocycles. The van der Waals surface area contributed by atoms with Crippen molar-refractivity contribution in [2.75, 3.05) is 0 Å². The summed E-state index contributed by atoms with van der Waals surface area (Å²) >= 11 is 0. The molecule has 0 radical (unpaired) electrons. The van der Waals surface area contributed by atoms with Crippen LogP contribution in [0.5, 0.6) is 0 Å². The maximum absolute atomic E-state index is 11.7. The zero-order valence-electron chi connectivity index (χ0n) is 10.3. The van der Waals surface area contributed by atoms with Gasteiger partial charge in [-0.25, -0.2) is 4.79 Å². The molecule has 0 aliphatic heterocycles. The molecular weight excluding hydrogens is 252 g/mol. The largest absolute Gasteiger partial charge is 0.481 e. The second kappa shape index (κ2) is 6.48. The molecule has 0 fully saturated rings. The predicted molar refractivity (Wildman–Crippen MR) is 64.5 cm³/mol. The Bertz CT molecular complexity index is 501.